The number of carbonyl (C=O) groups is 4. The molecule has 1 aromatic carbocycles. The lowest BCUT2D eigenvalue weighted by Crippen LogP contribution is -2.39. The van der Waals surface area contributed by atoms with Gasteiger partial charge in [-0.1, -0.05) is 12.1 Å². The number of halogens is 3. The van der Waals surface area contributed by atoms with E-state index in [9.17, 15) is 42.5 Å². The number of ether oxygens (including phenoxy) is 1. The van der Waals surface area contributed by atoms with Crippen molar-refractivity contribution in [1.29, 1.82) is 0 Å². The van der Waals surface area contributed by atoms with E-state index in [0.29, 0.717) is 18.8 Å². The molecule has 15 heteroatoms. The summed E-state index contributed by atoms with van der Waals surface area (Å²) < 4.78 is 41.1. The largest absolute Gasteiger partial charge is 0.491 e. The van der Waals surface area contributed by atoms with Crippen LogP contribution in [0.1, 0.15) is 42.0 Å². The van der Waals surface area contributed by atoms with Crippen LogP contribution in [0.25, 0.3) is 0 Å². The summed E-state index contributed by atoms with van der Waals surface area (Å²) in [5, 5.41) is 19.0. The standard InChI is InChI=1S/C24H26F3N5O7/c1-14-7-9-29-19(10-14)28-8-3-4-20(33)30-13-21(34)31-17(12-22(35)39-23(36)24(25,26)27)16-6-5-15(2)18(11-16)32(37)38/h5-7,9-11,17H,3-4,8,12-13H2,1-2H3,(H,28,29)(H,30,33)(H,31,34). The summed E-state index contributed by atoms with van der Waals surface area (Å²) in [5.74, 6) is -5.03. The highest BCUT2D eigenvalue weighted by molar-refractivity contribution is 5.89. The zero-order valence-electron chi connectivity index (χ0n) is 21.0. The van der Waals surface area contributed by atoms with Gasteiger partial charge in [0.25, 0.3) is 5.69 Å². The lowest BCUT2D eigenvalue weighted by Gasteiger charge is -2.19. The number of nitrogens with one attached hydrogen (secondary N) is 3. The molecule has 2 rings (SSSR count). The Morgan fingerprint density at radius 3 is 2.46 bits per heavy atom. The number of hydrogen-bond acceptors (Lipinski definition) is 9. The lowest BCUT2D eigenvalue weighted by atomic mass is 10.0. The number of benzene rings is 1. The molecular weight excluding hydrogens is 527 g/mol. The van der Waals surface area contributed by atoms with Gasteiger partial charge < -0.3 is 20.7 Å². The summed E-state index contributed by atoms with van der Waals surface area (Å²) >= 11 is 0. The topological polar surface area (TPSA) is 170 Å². The third kappa shape index (κ3) is 10.4. The van der Waals surface area contributed by atoms with E-state index in [1.807, 2.05) is 19.1 Å². The molecule has 1 aromatic heterocycles. The van der Waals surface area contributed by atoms with Crippen molar-refractivity contribution in [3.05, 3.63) is 63.3 Å². The minimum absolute atomic E-state index is 0.000725. The van der Waals surface area contributed by atoms with Crippen molar-refractivity contribution < 1.29 is 42.0 Å². The minimum atomic E-state index is -5.42. The van der Waals surface area contributed by atoms with E-state index in [0.717, 1.165) is 11.6 Å². The van der Waals surface area contributed by atoms with Crippen LogP contribution in [0.3, 0.4) is 0 Å². The molecule has 2 aromatic rings. The lowest BCUT2D eigenvalue weighted by molar-refractivity contribution is -0.385. The van der Waals surface area contributed by atoms with Crippen LogP contribution in [0.5, 0.6) is 0 Å². The van der Waals surface area contributed by atoms with Gasteiger partial charge in [-0.25, -0.2) is 9.78 Å². The maximum atomic E-state index is 12.4. The van der Waals surface area contributed by atoms with E-state index in [-0.39, 0.29) is 23.2 Å². The van der Waals surface area contributed by atoms with E-state index >= 15 is 0 Å². The van der Waals surface area contributed by atoms with Gasteiger partial charge in [-0.15, -0.1) is 0 Å². The smallest absolute Gasteiger partial charge is 0.386 e. The molecule has 1 unspecified atom stereocenters. The summed E-state index contributed by atoms with van der Waals surface area (Å²) in [7, 11) is 0. The first-order chi connectivity index (χ1) is 18.3. The Bertz CT molecular complexity index is 1240. The summed E-state index contributed by atoms with van der Waals surface area (Å²) in [6.07, 6.45) is -4.25. The van der Waals surface area contributed by atoms with Crippen LogP contribution in [0, 0.1) is 24.0 Å². The van der Waals surface area contributed by atoms with Crippen molar-refractivity contribution in [2.75, 3.05) is 18.4 Å². The van der Waals surface area contributed by atoms with Gasteiger partial charge in [0.2, 0.25) is 11.8 Å². The summed E-state index contributed by atoms with van der Waals surface area (Å²) in [5.41, 5.74) is 0.895. The SMILES string of the molecule is Cc1ccnc(NCCCC(=O)NCC(=O)NC(CC(=O)OC(=O)C(F)(F)F)c2ccc(C)c([N+](=O)[O-])c2)c1. The third-order valence-electron chi connectivity index (χ3n) is 5.22. The maximum Gasteiger partial charge on any atom is 0.491 e. The fourth-order valence-electron chi connectivity index (χ4n) is 3.27. The number of aromatic nitrogens is 1. The molecule has 0 saturated carbocycles. The van der Waals surface area contributed by atoms with E-state index in [1.165, 1.54) is 19.1 Å². The van der Waals surface area contributed by atoms with Gasteiger partial charge in [-0.05, 0) is 43.5 Å². The van der Waals surface area contributed by atoms with Gasteiger partial charge in [0.1, 0.15) is 5.82 Å². The molecule has 0 aliphatic carbocycles. The molecule has 39 heavy (non-hydrogen) atoms. The molecule has 0 bridgehead atoms. The second-order valence-corrected chi connectivity index (χ2v) is 8.41. The van der Waals surface area contributed by atoms with Gasteiger partial charge >= 0.3 is 18.1 Å². The van der Waals surface area contributed by atoms with Gasteiger partial charge in [0, 0.05) is 30.8 Å². The monoisotopic (exact) mass is 553 g/mol. The number of alkyl halides is 3. The average Bonchev–Trinajstić information content (AvgIpc) is 2.84. The van der Waals surface area contributed by atoms with Crippen molar-refractivity contribution in [3.8, 4) is 0 Å². The quantitative estimate of drug-likeness (QED) is 0.118. The molecule has 0 aliphatic heterocycles. The van der Waals surface area contributed by atoms with Crippen LogP contribution < -0.4 is 16.0 Å². The zero-order valence-corrected chi connectivity index (χ0v) is 21.0. The molecule has 12 nitrogen and oxygen atoms in total. The molecule has 0 spiro atoms. The van der Waals surface area contributed by atoms with Crippen molar-refractivity contribution >= 4 is 35.3 Å². The first kappa shape index (κ1) is 30.7. The van der Waals surface area contributed by atoms with Gasteiger partial charge in [-0.3, -0.25) is 24.5 Å². The maximum absolute atomic E-state index is 12.4. The Kier molecular flexibility index (Phi) is 10.9. The first-order valence-electron chi connectivity index (χ1n) is 11.6. The van der Waals surface area contributed by atoms with Crippen LogP contribution in [0.4, 0.5) is 24.7 Å². The fraction of sp³-hybridized carbons (Fsp3) is 0.375. The van der Waals surface area contributed by atoms with E-state index < -0.39 is 53.9 Å². The Labute approximate surface area is 220 Å². The molecule has 0 fully saturated rings. The highest BCUT2D eigenvalue weighted by atomic mass is 19.4. The number of nitrogens with zero attached hydrogens (tertiary/aromatic N) is 2. The number of nitro groups is 1. The Morgan fingerprint density at radius 2 is 1.82 bits per heavy atom. The molecule has 210 valence electrons. The second-order valence-electron chi connectivity index (χ2n) is 8.41. The predicted octanol–water partition coefficient (Wildman–Crippen LogP) is 2.79. The molecule has 0 radical (unpaired) electrons. The number of hydrogen-bond donors (Lipinski definition) is 3. The Balaban J connectivity index is 1.97. The number of pyridine rings is 1. The number of aryl methyl sites for hydroxylation is 2. The van der Waals surface area contributed by atoms with Crippen LogP contribution in [-0.2, 0) is 23.9 Å². The zero-order chi connectivity index (χ0) is 29.2. The molecule has 0 aliphatic rings. The van der Waals surface area contributed by atoms with Gasteiger partial charge in [0.05, 0.1) is 23.9 Å². The number of anilines is 1. The molecule has 1 heterocycles. The van der Waals surface area contributed by atoms with Crippen LogP contribution >= 0.6 is 0 Å². The number of nitro benzene ring substituents is 1. The van der Waals surface area contributed by atoms with Crippen LogP contribution in [0.2, 0.25) is 0 Å². The van der Waals surface area contributed by atoms with E-state index in [2.05, 4.69) is 25.7 Å². The Hall–Kier alpha value is -4.56. The Morgan fingerprint density at radius 1 is 1.10 bits per heavy atom. The van der Waals surface area contributed by atoms with Gasteiger partial charge in [-0.2, -0.15) is 13.2 Å². The average molecular weight is 553 g/mol. The molecule has 1 atom stereocenters. The van der Waals surface area contributed by atoms with Crippen LogP contribution in [0.15, 0.2) is 36.5 Å². The molecule has 2 amide bonds. The normalized spacial score (nSPS) is 11.7. The van der Waals surface area contributed by atoms with E-state index in [1.54, 1.807) is 6.20 Å². The third-order valence-corrected chi connectivity index (χ3v) is 5.22. The van der Waals surface area contributed by atoms with E-state index in [4.69, 9.17) is 0 Å². The molecule has 0 saturated heterocycles. The van der Waals surface area contributed by atoms with Crippen molar-refractivity contribution in [1.82, 2.24) is 15.6 Å². The number of rotatable bonds is 12. The predicted molar refractivity (Wildman–Crippen MR) is 130 cm³/mol. The summed E-state index contributed by atoms with van der Waals surface area (Å²) in [6, 6.07) is 5.95. The highest BCUT2D eigenvalue weighted by Crippen LogP contribution is 2.26. The summed E-state index contributed by atoms with van der Waals surface area (Å²) in [4.78, 5) is 62.2. The second kappa shape index (κ2) is 13.8. The minimum Gasteiger partial charge on any atom is -0.386 e. The number of esters is 2. The van der Waals surface area contributed by atoms with Crippen molar-refractivity contribution in [3.63, 3.8) is 0 Å². The van der Waals surface area contributed by atoms with Crippen molar-refractivity contribution in [2.24, 2.45) is 0 Å². The number of carbonyl (C=O) groups excluding carboxylic acids is 4. The molecule has 3 N–H and O–H groups in total. The first-order valence-corrected chi connectivity index (χ1v) is 11.6. The summed E-state index contributed by atoms with van der Waals surface area (Å²) in [6.45, 7) is 3.23. The van der Waals surface area contributed by atoms with Crippen LogP contribution in [-0.4, -0.2) is 52.9 Å². The number of amides is 2. The highest BCUT2D eigenvalue weighted by Gasteiger charge is 2.42. The van der Waals surface area contributed by atoms with Crippen molar-refractivity contribution in [2.45, 2.75) is 45.3 Å². The fourth-order valence-corrected chi connectivity index (χ4v) is 3.27. The molecular formula is C24H26F3N5O7. The van der Waals surface area contributed by atoms with Gasteiger partial charge in [0.15, 0.2) is 0 Å².